The van der Waals surface area contributed by atoms with Gasteiger partial charge in [0.1, 0.15) is 24.8 Å². The molecule has 0 saturated carbocycles. The van der Waals surface area contributed by atoms with Crippen LogP contribution in [0.4, 0.5) is 18.9 Å². The Morgan fingerprint density at radius 2 is 1.68 bits per heavy atom. The van der Waals surface area contributed by atoms with Crippen molar-refractivity contribution in [3.8, 4) is 10.6 Å². The van der Waals surface area contributed by atoms with Crippen LogP contribution in [-0.4, -0.2) is 70.7 Å². The molecule has 2 heterocycles. The van der Waals surface area contributed by atoms with Gasteiger partial charge in [-0.2, -0.15) is 13.2 Å². The highest BCUT2D eigenvalue weighted by Crippen LogP contribution is 2.38. The number of hydrogen-bond donors (Lipinski definition) is 0. The molecule has 2 aliphatic heterocycles. The molecule has 37 heavy (non-hydrogen) atoms. The lowest BCUT2D eigenvalue weighted by Gasteiger charge is -2.25. The molecule has 1 saturated heterocycles. The summed E-state index contributed by atoms with van der Waals surface area (Å²) in [7, 11) is 3.42. The van der Waals surface area contributed by atoms with E-state index in [1.165, 1.54) is 18.2 Å². The van der Waals surface area contributed by atoms with Gasteiger partial charge < -0.3 is 24.3 Å². The number of ether oxygens (including phenoxy) is 2. The van der Waals surface area contributed by atoms with Gasteiger partial charge in [0.2, 0.25) is 5.36 Å². The predicted octanol–water partition coefficient (Wildman–Crippen LogP) is 3.67. The molecule has 1 fully saturated rings. The number of benzene rings is 2. The molecule has 7 nitrogen and oxygen atoms in total. The average molecular weight is 580 g/mol. The first-order chi connectivity index (χ1) is 17.5. The lowest BCUT2D eigenvalue weighted by Crippen LogP contribution is -2.37. The van der Waals surface area contributed by atoms with Crippen molar-refractivity contribution in [1.82, 2.24) is 9.56 Å². The Bertz CT molecular complexity index is 1270. The van der Waals surface area contributed by atoms with Gasteiger partial charge in [-0.3, -0.25) is 0 Å². The van der Waals surface area contributed by atoms with Crippen LogP contribution in [0.1, 0.15) is 12.8 Å². The van der Waals surface area contributed by atoms with E-state index in [4.69, 9.17) is 47.6 Å². The Kier molecular flexibility index (Phi) is 10.4. The van der Waals surface area contributed by atoms with Gasteiger partial charge in [0, 0.05) is 58.0 Å². The van der Waals surface area contributed by atoms with E-state index in [1.54, 1.807) is 25.6 Å². The van der Waals surface area contributed by atoms with Crippen molar-refractivity contribution < 1.29 is 32.5 Å². The number of carboxylic acids is 1. The molecular weight excluding hydrogens is 554 g/mol. The number of carboxylic acid groups (broad SMARTS) is 1. The first kappa shape index (κ1) is 29.4. The van der Waals surface area contributed by atoms with Gasteiger partial charge in [0.15, 0.2) is 0 Å². The summed E-state index contributed by atoms with van der Waals surface area (Å²) in [5.41, 5.74) is 2.63. The fourth-order valence-electron chi connectivity index (χ4n) is 3.84. The van der Waals surface area contributed by atoms with Crippen molar-refractivity contribution >= 4 is 56.4 Å². The summed E-state index contributed by atoms with van der Waals surface area (Å²) in [5.74, 6) is -3.01. The summed E-state index contributed by atoms with van der Waals surface area (Å²) in [4.78, 5) is 16.9. The van der Waals surface area contributed by atoms with E-state index in [9.17, 15) is 13.2 Å². The van der Waals surface area contributed by atoms with E-state index >= 15 is 0 Å². The molecule has 0 radical (unpaired) electrons. The fraction of sp³-hybridized carbons (Fsp3) is 0.458. The van der Waals surface area contributed by atoms with Crippen molar-refractivity contribution in [1.29, 1.82) is 0 Å². The smallest absolute Gasteiger partial charge is 0.430 e. The van der Waals surface area contributed by atoms with Gasteiger partial charge in [-0.15, -0.1) is 11.3 Å². The van der Waals surface area contributed by atoms with Crippen molar-refractivity contribution in [3.63, 3.8) is 0 Å². The van der Waals surface area contributed by atoms with Crippen LogP contribution in [0.15, 0.2) is 24.3 Å². The number of aromatic nitrogens is 1. The number of fused-ring (bicyclic) bond motifs is 2. The average Bonchev–Trinajstić information content (AvgIpc) is 3.38. The Morgan fingerprint density at radius 1 is 1.08 bits per heavy atom. The molecular formula is C24H26Cl2F3N3O4S. The number of hydrogen-bond acceptors (Lipinski definition) is 7. The third-order valence-electron chi connectivity index (χ3n) is 5.67. The van der Waals surface area contributed by atoms with Gasteiger partial charge in [-0.25, -0.2) is 9.56 Å². The zero-order valence-corrected chi connectivity index (χ0v) is 22.6. The summed E-state index contributed by atoms with van der Waals surface area (Å²) < 4.78 is 45.5. The fourth-order valence-corrected chi connectivity index (χ4v) is 5.56. The van der Waals surface area contributed by atoms with Gasteiger partial charge in [0.05, 0.1) is 38.4 Å². The third kappa shape index (κ3) is 7.67. The van der Waals surface area contributed by atoms with E-state index < -0.39 is 12.1 Å². The second-order valence-electron chi connectivity index (χ2n) is 8.21. The van der Waals surface area contributed by atoms with Crippen LogP contribution in [0.5, 0.6) is 0 Å². The highest BCUT2D eigenvalue weighted by molar-refractivity contribution is 7.21. The van der Waals surface area contributed by atoms with Crippen molar-refractivity contribution in [2.24, 2.45) is 0 Å². The van der Waals surface area contributed by atoms with Gasteiger partial charge in [-0.1, -0.05) is 23.2 Å². The topological polar surface area (TPSA) is 77.7 Å². The Balaban J connectivity index is 0.000000479. The number of anilines is 1. The molecule has 1 aromatic carbocycles. The van der Waals surface area contributed by atoms with Gasteiger partial charge >= 0.3 is 6.18 Å². The maximum atomic E-state index is 10.5. The van der Waals surface area contributed by atoms with E-state index in [2.05, 4.69) is 21.6 Å². The second-order valence-corrected chi connectivity index (χ2v) is 10.1. The molecule has 0 aromatic heterocycles. The van der Waals surface area contributed by atoms with Crippen LogP contribution in [0.3, 0.4) is 0 Å². The van der Waals surface area contributed by atoms with Crippen LogP contribution in [-0.2, 0) is 14.3 Å². The van der Waals surface area contributed by atoms with Crippen molar-refractivity contribution in [2.45, 2.75) is 19.0 Å². The number of aliphatic carboxylic acids is 1. The van der Waals surface area contributed by atoms with E-state index in [1.807, 2.05) is 12.1 Å². The van der Waals surface area contributed by atoms with Crippen molar-refractivity contribution in [2.75, 3.05) is 58.5 Å². The number of carbonyl (C=O) groups is 1. The molecule has 3 aliphatic rings. The maximum Gasteiger partial charge on any atom is 0.430 e. The monoisotopic (exact) mass is 579 g/mol. The zero-order chi connectivity index (χ0) is 27.2. The molecule has 13 heteroatoms. The highest BCUT2D eigenvalue weighted by atomic mass is 35.5. The van der Waals surface area contributed by atoms with Crippen LogP contribution >= 0.6 is 34.5 Å². The minimum atomic E-state index is -5.19. The third-order valence-corrected chi connectivity index (χ3v) is 7.31. The molecule has 0 amide bonds. The molecule has 0 bridgehead atoms. The van der Waals surface area contributed by atoms with E-state index in [-0.39, 0.29) is 0 Å². The van der Waals surface area contributed by atoms with E-state index in [0.29, 0.717) is 23.3 Å². The largest absolute Gasteiger partial charge is 0.542 e. The number of methoxy groups -OCH3 is 2. The summed E-state index contributed by atoms with van der Waals surface area (Å²) in [6.07, 6.45) is -2.74. The molecule has 202 valence electrons. The first-order valence-corrected chi connectivity index (χ1v) is 12.9. The summed E-state index contributed by atoms with van der Waals surface area (Å²) in [6, 6.07) is 8.35. The Hall–Kier alpha value is -2.18. The highest BCUT2D eigenvalue weighted by Gasteiger charge is 2.28. The summed E-state index contributed by atoms with van der Waals surface area (Å²) in [5, 5.41) is 11.3. The Morgan fingerprint density at radius 3 is 2.22 bits per heavy atom. The summed E-state index contributed by atoms with van der Waals surface area (Å²) in [6.45, 7) is 4.95. The van der Waals surface area contributed by atoms with Crippen molar-refractivity contribution in [3.05, 3.63) is 39.7 Å². The molecule has 1 aliphatic carbocycles. The molecule has 0 spiro atoms. The molecule has 4 rings (SSSR count). The number of alkyl halides is 3. The molecule has 0 N–H and O–H groups in total. The van der Waals surface area contributed by atoms with Gasteiger partial charge in [-0.05, 0) is 12.1 Å². The number of halogens is 5. The molecule has 0 unspecified atom stereocenters. The quantitative estimate of drug-likeness (QED) is 0.314. The molecule has 0 atom stereocenters. The standard InChI is InChI=1S/C22H26Cl2N3O2S.C2HF3O2/c1-28-9-7-27(8-10-29-2)16-12-18(24)22-20(14-16)30-19-13-15(26-5-3-4-6-26)11-17(23)21(19)25-22;3-2(4,5)1(6)7/h11-14H,3-10H2,1-2H3;(H,6,7)/q+1;/p-1. The van der Waals surface area contributed by atoms with Crippen LogP contribution < -0.4 is 19.9 Å². The minimum absolute atomic E-state index is 0.625. The lowest BCUT2D eigenvalue weighted by atomic mass is 10.2. The van der Waals surface area contributed by atoms with Gasteiger partial charge in [0.25, 0.3) is 0 Å². The first-order valence-electron chi connectivity index (χ1n) is 11.4. The SMILES string of the molecule is COCCN(CCOC)c1cc(Cl)c2nc3c(Cl)cc(=[N+]4CCCC4)cc-3sc2c1.O=C([O-])C(F)(F)F. The predicted molar refractivity (Wildman–Crippen MR) is 138 cm³/mol. The molecule has 1 aromatic rings. The summed E-state index contributed by atoms with van der Waals surface area (Å²) >= 11 is 15.0. The normalized spacial score (nSPS) is 13.6. The van der Waals surface area contributed by atoms with Crippen LogP contribution in [0, 0.1) is 0 Å². The Labute approximate surface area is 226 Å². The number of carbonyl (C=O) groups excluding carboxylic acids is 1. The maximum absolute atomic E-state index is 10.5. The number of nitrogens with zero attached hydrogens (tertiary/aromatic N) is 3. The number of rotatable bonds is 7. The lowest BCUT2D eigenvalue weighted by molar-refractivity contribution is -0.344. The van der Waals surface area contributed by atoms with Crippen LogP contribution in [0.25, 0.3) is 20.8 Å². The minimum Gasteiger partial charge on any atom is -0.542 e. The van der Waals surface area contributed by atoms with E-state index in [0.717, 1.165) is 52.7 Å². The second kappa shape index (κ2) is 13.1. The zero-order valence-electron chi connectivity index (χ0n) is 20.2. The van der Waals surface area contributed by atoms with Crippen LogP contribution in [0.2, 0.25) is 10.0 Å².